The second-order valence-electron chi connectivity index (χ2n) is 3.13. The van der Waals surface area contributed by atoms with Crippen LogP contribution in [0.5, 0.6) is 0 Å². The molecule has 0 aliphatic carbocycles. The van der Waals surface area contributed by atoms with Crippen LogP contribution in [0.15, 0.2) is 0 Å². The van der Waals surface area contributed by atoms with Gasteiger partial charge in [-0.25, -0.2) is 0 Å². The number of methoxy groups -OCH3 is 1. The third-order valence-electron chi connectivity index (χ3n) is 2.02. The van der Waals surface area contributed by atoms with Gasteiger partial charge in [-0.3, -0.25) is 4.79 Å². The summed E-state index contributed by atoms with van der Waals surface area (Å²) in [4.78, 5) is 11.3. The van der Waals surface area contributed by atoms with Crippen LogP contribution in [0.1, 0.15) is 26.7 Å². The molecular weight excluding hydrogens is 182 g/mol. The molecule has 0 aromatic carbocycles. The molecule has 14 heavy (non-hydrogen) atoms. The van der Waals surface area contributed by atoms with Crippen molar-refractivity contribution < 1.29 is 14.3 Å². The molecule has 0 radical (unpaired) electrons. The number of hydrogen-bond donors (Lipinski definition) is 1. The van der Waals surface area contributed by atoms with Crippen LogP contribution in [0, 0.1) is 0 Å². The predicted octanol–water partition coefficient (Wildman–Crippen LogP) is 0.954. The van der Waals surface area contributed by atoms with Gasteiger partial charge in [-0.15, -0.1) is 0 Å². The van der Waals surface area contributed by atoms with E-state index in [9.17, 15) is 4.79 Å². The number of amides is 1. The number of carbonyl (C=O) groups is 1. The van der Waals surface area contributed by atoms with E-state index in [1.807, 2.05) is 0 Å². The molecule has 0 aromatic rings. The molecule has 0 bridgehead atoms. The monoisotopic (exact) mass is 203 g/mol. The first-order valence-corrected chi connectivity index (χ1v) is 5.10. The fourth-order valence-corrected chi connectivity index (χ4v) is 1.07. The highest BCUT2D eigenvalue weighted by Gasteiger charge is 2.07. The van der Waals surface area contributed by atoms with Gasteiger partial charge >= 0.3 is 0 Å². The molecule has 0 spiro atoms. The number of carbonyl (C=O) groups excluding carboxylic acids is 1. The lowest BCUT2D eigenvalue weighted by molar-refractivity contribution is -0.126. The number of nitrogens with one attached hydrogen (secondary N) is 1. The summed E-state index contributed by atoms with van der Waals surface area (Å²) in [6.07, 6.45) is 1.92. The van der Waals surface area contributed by atoms with Crippen LogP contribution in [0.25, 0.3) is 0 Å². The van der Waals surface area contributed by atoms with Gasteiger partial charge in [0.05, 0.1) is 13.2 Å². The van der Waals surface area contributed by atoms with E-state index in [2.05, 4.69) is 19.2 Å². The van der Waals surface area contributed by atoms with Gasteiger partial charge in [0, 0.05) is 13.2 Å². The molecule has 0 aliphatic rings. The maximum absolute atomic E-state index is 11.3. The van der Waals surface area contributed by atoms with Crippen molar-refractivity contribution in [2.45, 2.75) is 32.7 Å². The van der Waals surface area contributed by atoms with Gasteiger partial charge in [0.1, 0.15) is 6.61 Å². The summed E-state index contributed by atoms with van der Waals surface area (Å²) < 4.78 is 9.88. The van der Waals surface area contributed by atoms with E-state index in [0.29, 0.717) is 13.2 Å². The van der Waals surface area contributed by atoms with Crippen molar-refractivity contribution in [3.05, 3.63) is 0 Å². The second kappa shape index (κ2) is 8.97. The Kier molecular flexibility index (Phi) is 8.57. The van der Waals surface area contributed by atoms with Crippen LogP contribution >= 0.6 is 0 Å². The summed E-state index contributed by atoms with van der Waals surface area (Å²) in [6.45, 7) is 5.23. The Hall–Kier alpha value is -0.610. The average molecular weight is 203 g/mol. The van der Waals surface area contributed by atoms with Crippen LogP contribution in [0.3, 0.4) is 0 Å². The van der Waals surface area contributed by atoms with Gasteiger partial charge < -0.3 is 14.8 Å². The third-order valence-corrected chi connectivity index (χ3v) is 2.02. The van der Waals surface area contributed by atoms with Crippen molar-refractivity contribution in [3.63, 3.8) is 0 Å². The van der Waals surface area contributed by atoms with E-state index in [1.165, 1.54) is 0 Å². The summed E-state index contributed by atoms with van der Waals surface area (Å²) in [6, 6.07) is 0.272. The molecule has 0 rings (SSSR count). The molecule has 0 saturated carbocycles. The van der Waals surface area contributed by atoms with Gasteiger partial charge in [-0.05, 0) is 12.8 Å². The predicted molar refractivity (Wildman–Crippen MR) is 55.2 cm³/mol. The maximum atomic E-state index is 11.3. The smallest absolute Gasteiger partial charge is 0.246 e. The first kappa shape index (κ1) is 13.4. The van der Waals surface area contributed by atoms with Crippen LogP contribution < -0.4 is 5.32 Å². The molecule has 84 valence electrons. The molecule has 0 saturated heterocycles. The highest BCUT2D eigenvalue weighted by Crippen LogP contribution is 1.95. The minimum atomic E-state index is -0.0465. The highest BCUT2D eigenvalue weighted by atomic mass is 16.5. The maximum Gasteiger partial charge on any atom is 0.246 e. The largest absolute Gasteiger partial charge is 0.382 e. The summed E-state index contributed by atoms with van der Waals surface area (Å²) in [5, 5.41) is 2.89. The molecule has 0 fully saturated rings. The zero-order chi connectivity index (χ0) is 10.8. The Morgan fingerprint density at radius 1 is 1.29 bits per heavy atom. The van der Waals surface area contributed by atoms with E-state index in [4.69, 9.17) is 9.47 Å². The molecule has 0 aromatic heterocycles. The summed E-state index contributed by atoms with van der Waals surface area (Å²) in [5.74, 6) is -0.0465. The van der Waals surface area contributed by atoms with Gasteiger partial charge in [0.2, 0.25) is 5.91 Å². The van der Waals surface area contributed by atoms with Crippen LogP contribution in [-0.2, 0) is 14.3 Å². The van der Waals surface area contributed by atoms with Crippen molar-refractivity contribution in [1.82, 2.24) is 5.32 Å². The van der Waals surface area contributed by atoms with Gasteiger partial charge in [0.15, 0.2) is 0 Å². The standard InChI is InChI=1S/C10H21NO3/c1-4-9(5-2)11-10(12)8-14-7-6-13-3/h9H,4-8H2,1-3H3,(H,11,12). The van der Waals surface area contributed by atoms with Crippen molar-refractivity contribution in [2.24, 2.45) is 0 Å². The minimum Gasteiger partial charge on any atom is -0.382 e. The Morgan fingerprint density at radius 2 is 1.93 bits per heavy atom. The van der Waals surface area contributed by atoms with Gasteiger partial charge in [0.25, 0.3) is 0 Å². The zero-order valence-electron chi connectivity index (χ0n) is 9.34. The second-order valence-corrected chi connectivity index (χ2v) is 3.13. The lowest BCUT2D eigenvalue weighted by atomic mass is 10.2. The first-order chi connectivity index (χ1) is 6.74. The van der Waals surface area contributed by atoms with E-state index >= 15 is 0 Å². The number of ether oxygens (including phenoxy) is 2. The summed E-state index contributed by atoms with van der Waals surface area (Å²) in [5.41, 5.74) is 0. The minimum absolute atomic E-state index is 0.0465. The third kappa shape index (κ3) is 6.86. The highest BCUT2D eigenvalue weighted by molar-refractivity contribution is 5.77. The molecule has 1 N–H and O–H groups in total. The summed E-state index contributed by atoms with van der Waals surface area (Å²) in [7, 11) is 1.60. The average Bonchev–Trinajstić information content (AvgIpc) is 2.21. The van der Waals surface area contributed by atoms with E-state index in [0.717, 1.165) is 12.8 Å². The zero-order valence-corrected chi connectivity index (χ0v) is 9.34. The van der Waals surface area contributed by atoms with Crippen molar-refractivity contribution in [3.8, 4) is 0 Å². The van der Waals surface area contributed by atoms with E-state index < -0.39 is 0 Å². The van der Waals surface area contributed by atoms with Crippen molar-refractivity contribution >= 4 is 5.91 Å². The Labute approximate surface area is 86.0 Å². The van der Waals surface area contributed by atoms with E-state index in [1.54, 1.807) is 7.11 Å². The van der Waals surface area contributed by atoms with Gasteiger partial charge in [-0.1, -0.05) is 13.8 Å². The number of rotatable bonds is 8. The Morgan fingerprint density at radius 3 is 2.43 bits per heavy atom. The molecule has 0 unspecified atom stereocenters. The quantitative estimate of drug-likeness (QED) is 0.598. The first-order valence-electron chi connectivity index (χ1n) is 5.10. The topological polar surface area (TPSA) is 47.6 Å². The van der Waals surface area contributed by atoms with Gasteiger partial charge in [-0.2, -0.15) is 0 Å². The fourth-order valence-electron chi connectivity index (χ4n) is 1.07. The summed E-state index contributed by atoms with van der Waals surface area (Å²) >= 11 is 0. The molecule has 1 amide bonds. The lowest BCUT2D eigenvalue weighted by Gasteiger charge is -2.14. The molecule has 0 atom stereocenters. The van der Waals surface area contributed by atoms with Crippen LogP contribution in [-0.4, -0.2) is 38.9 Å². The number of hydrogen-bond acceptors (Lipinski definition) is 3. The van der Waals surface area contributed by atoms with Crippen LogP contribution in [0.4, 0.5) is 0 Å². The molecule has 4 nitrogen and oxygen atoms in total. The normalized spacial score (nSPS) is 10.6. The molecular formula is C10H21NO3. The SMILES string of the molecule is CCC(CC)NC(=O)COCCOC. The Bertz CT molecular complexity index is 146. The lowest BCUT2D eigenvalue weighted by Crippen LogP contribution is -2.36. The van der Waals surface area contributed by atoms with E-state index in [-0.39, 0.29) is 18.6 Å². The molecule has 0 heterocycles. The molecule has 4 heteroatoms. The fraction of sp³-hybridized carbons (Fsp3) is 0.900. The van der Waals surface area contributed by atoms with Crippen LogP contribution in [0.2, 0.25) is 0 Å². The molecule has 0 aliphatic heterocycles. The van der Waals surface area contributed by atoms with Crippen molar-refractivity contribution in [2.75, 3.05) is 26.9 Å². The Balaban J connectivity index is 3.44. The van der Waals surface area contributed by atoms with Crippen molar-refractivity contribution in [1.29, 1.82) is 0 Å².